The topological polar surface area (TPSA) is 32.7 Å². The van der Waals surface area contributed by atoms with Gasteiger partial charge in [-0.05, 0) is 23.5 Å². The molecule has 0 aliphatic carbocycles. The van der Waals surface area contributed by atoms with Gasteiger partial charge >= 0.3 is 0 Å². The van der Waals surface area contributed by atoms with E-state index in [1.165, 1.54) is 5.56 Å². The van der Waals surface area contributed by atoms with E-state index >= 15 is 0 Å². The molecule has 0 amide bonds. The highest BCUT2D eigenvalue weighted by Gasteiger charge is 2.40. The zero-order valence-corrected chi connectivity index (χ0v) is 16.0. The zero-order valence-electron chi connectivity index (χ0n) is 16.0. The second kappa shape index (κ2) is 8.81. The van der Waals surface area contributed by atoms with Crippen LogP contribution in [0.4, 0.5) is 0 Å². The second-order valence-electron chi connectivity index (χ2n) is 7.76. The van der Waals surface area contributed by atoms with Crippen molar-refractivity contribution in [2.45, 2.75) is 31.8 Å². The highest BCUT2D eigenvalue weighted by atomic mass is 16.5. The second-order valence-corrected chi connectivity index (χ2v) is 7.76. The number of ether oxygens (including phenoxy) is 1. The van der Waals surface area contributed by atoms with Crippen molar-refractivity contribution in [1.82, 2.24) is 4.90 Å². The Morgan fingerprint density at radius 2 is 1.54 bits per heavy atom. The normalized spacial score (nSPS) is 19.2. The molecule has 0 aromatic heterocycles. The van der Waals surface area contributed by atoms with Gasteiger partial charge in [0.05, 0.1) is 18.8 Å². The van der Waals surface area contributed by atoms with Crippen molar-refractivity contribution >= 4 is 0 Å². The van der Waals surface area contributed by atoms with Gasteiger partial charge in [0.2, 0.25) is 0 Å². The molecule has 0 bridgehead atoms. The lowest BCUT2D eigenvalue weighted by molar-refractivity contribution is -0.0356. The number of morpholine rings is 1. The van der Waals surface area contributed by atoms with E-state index in [1.807, 2.05) is 24.3 Å². The summed E-state index contributed by atoms with van der Waals surface area (Å²) in [6, 6.07) is 20.7. The maximum atomic E-state index is 12.0. The van der Waals surface area contributed by atoms with E-state index in [1.54, 1.807) is 0 Å². The summed E-state index contributed by atoms with van der Waals surface area (Å²) in [5, 5.41) is 12.0. The highest BCUT2D eigenvalue weighted by Crippen LogP contribution is 2.42. The maximum Gasteiger partial charge on any atom is 0.0979 e. The number of rotatable bonds is 7. The lowest BCUT2D eigenvalue weighted by Crippen LogP contribution is -2.45. The van der Waals surface area contributed by atoms with Crippen molar-refractivity contribution in [3.8, 4) is 0 Å². The Bertz CT molecular complexity index is 652. The molecule has 140 valence electrons. The molecule has 1 N–H and O–H groups in total. The Morgan fingerprint density at radius 1 is 0.962 bits per heavy atom. The smallest absolute Gasteiger partial charge is 0.0979 e. The first-order chi connectivity index (χ1) is 12.6. The maximum absolute atomic E-state index is 12.0. The highest BCUT2D eigenvalue weighted by molar-refractivity contribution is 5.32. The minimum atomic E-state index is -0.894. The largest absolute Gasteiger partial charge is 0.384 e. The molecule has 1 heterocycles. The predicted octanol–water partition coefficient (Wildman–Crippen LogP) is 4.04. The lowest BCUT2D eigenvalue weighted by Gasteiger charge is -2.41. The van der Waals surface area contributed by atoms with E-state index in [2.05, 4.69) is 55.1 Å². The van der Waals surface area contributed by atoms with Gasteiger partial charge in [-0.25, -0.2) is 0 Å². The van der Waals surface area contributed by atoms with Crippen LogP contribution in [0.15, 0.2) is 60.7 Å². The molecule has 1 aliphatic heterocycles. The van der Waals surface area contributed by atoms with E-state index in [4.69, 9.17) is 4.74 Å². The summed E-state index contributed by atoms with van der Waals surface area (Å²) in [4.78, 5) is 2.43. The summed E-state index contributed by atoms with van der Waals surface area (Å²) < 4.78 is 5.52. The van der Waals surface area contributed by atoms with Crippen molar-refractivity contribution in [1.29, 1.82) is 0 Å². The number of nitrogens with zero attached hydrogens (tertiary/aromatic N) is 1. The Balaban J connectivity index is 2.00. The van der Waals surface area contributed by atoms with Crippen molar-refractivity contribution in [3.63, 3.8) is 0 Å². The van der Waals surface area contributed by atoms with Gasteiger partial charge in [0.15, 0.2) is 0 Å². The van der Waals surface area contributed by atoms with E-state index in [0.29, 0.717) is 5.92 Å². The first kappa shape index (κ1) is 19.1. The van der Waals surface area contributed by atoms with Gasteiger partial charge in [-0.3, -0.25) is 4.90 Å². The predicted molar refractivity (Wildman–Crippen MR) is 106 cm³/mol. The van der Waals surface area contributed by atoms with E-state index in [9.17, 15) is 5.11 Å². The molecule has 2 aromatic carbocycles. The molecule has 1 saturated heterocycles. The van der Waals surface area contributed by atoms with Crippen molar-refractivity contribution in [3.05, 3.63) is 71.8 Å². The molecule has 1 aliphatic rings. The quantitative estimate of drug-likeness (QED) is 0.815. The Kier molecular flexibility index (Phi) is 6.47. The van der Waals surface area contributed by atoms with Crippen LogP contribution < -0.4 is 0 Å². The van der Waals surface area contributed by atoms with Gasteiger partial charge < -0.3 is 9.84 Å². The summed E-state index contributed by atoms with van der Waals surface area (Å²) in [7, 11) is 0. The minimum Gasteiger partial charge on any atom is -0.384 e. The van der Waals surface area contributed by atoms with Crippen LogP contribution in [0.5, 0.6) is 0 Å². The number of hydrogen-bond donors (Lipinski definition) is 1. The standard InChI is InChI=1S/C23H31NO2/c1-19(2)17-23(25,21-11-7-4-8-12-21)22(20-9-5-3-6-10-20)18-24-13-15-26-16-14-24/h3-12,19,22,25H,13-18H2,1-2H3/t22-,23-/m1/s1. The SMILES string of the molecule is CC(C)C[C@@](O)(c1ccccc1)[C@H](CN1CCOCC1)c1ccccc1. The molecule has 1 fully saturated rings. The molecular formula is C23H31NO2. The van der Waals surface area contributed by atoms with Gasteiger partial charge in [-0.15, -0.1) is 0 Å². The fourth-order valence-electron chi connectivity index (χ4n) is 4.07. The van der Waals surface area contributed by atoms with Crippen LogP contribution in [0.25, 0.3) is 0 Å². The molecule has 2 aromatic rings. The van der Waals surface area contributed by atoms with E-state index in [0.717, 1.165) is 44.8 Å². The van der Waals surface area contributed by atoms with Crippen LogP contribution >= 0.6 is 0 Å². The van der Waals surface area contributed by atoms with Crippen LogP contribution in [-0.2, 0) is 10.3 Å². The van der Waals surface area contributed by atoms with Crippen molar-refractivity contribution in [2.24, 2.45) is 5.92 Å². The first-order valence-corrected chi connectivity index (χ1v) is 9.72. The summed E-state index contributed by atoms with van der Waals surface area (Å²) in [6.45, 7) is 8.61. The fraction of sp³-hybridized carbons (Fsp3) is 0.478. The molecule has 0 spiro atoms. The van der Waals surface area contributed by atoms with Crippen LogP contribution in [0, 0.1) is 5.92 Å². The molecule has 0 saturated carbocycles. The monoisotopic (exact) mass is 353 g/mol. The third-order valence-electron chi connectivity index (χ3n) is 5.32. The van der Waals surface area contributed by atoms with E-state index < -0.39 is 5.60 Å². The fourth-order valence-corrected chi connectivity index (χ4v) is 4.07. The van der Waals surface area contributed by atoms with Crippen LogP contribution in [-0.4, -0.2) is 42.9 Å². The van der Waals surface area contributed by atoms with Gasteiger partial charge in [0, 0.05) is 25.6 Å². The molecule has 26 heavy (non-hydrogen) atoms. The lowest BCUT2D eigenvalue weighted by atomic mass is 9.72. The average molecular weight is 354 g/mol. The first-order valence-electron chi connectivity index (χ1n) is 9.72. The average Bonchev–Trinajstić information content (AvgIpc) is 2.67. The molecule has 0 unspecified atom stereocenters. The number of hydrogen-bond acceptors (Lipinski definition) is 3. The molecule has 3 rings (SSSR count). The van der Waals surface area contributed by atoms with Gasteiger partial charge in [0.25, 0.3) is 0 Å². The number of benzene rings is 2. The van der Waals surface area contributed by atoms with Crippen LogP contribution in [0.1, 0.15) is 37.3 Å². The molecule has 3 heteroatoms. The van der Waals surface area contributed by atoms with Gasteiger partial charge in [0.1, 0.15) is 0 Å². The third kappa shape index (κ3) is 4.53. The van der Waals surface area contributed by atoms with Crippen molar-refractivity contribution in [2.75, 3.05) is 32.8 Å². The third-order valence-corrected chi connectivity index (χ3v) is 5.32. The number of aliphatic hydroxyl groups is 1. The van der Waals surface area contributed by atoms with Crippen LogP contribution in [0.2, 0.25) is 0 Å². The molecule has 3 nitrogen and oxygen atoms in total. The Labute approximate surface area is 157 Å². The molecule has 0 radical (unpaired) electrons. The molecular weight excluding hydrogens is 322 g/mol. The Morgan fingerprint density at radius 3 is 2.12 bits per heavy atom. The van der Waals surface area contributed by atoms with Crippen molar-refractivity contribution < 1.29 is 9.84 Å². The Hall–Kier alpha value is -1.68. The summed E-state index contributed by atoms with van der Waals surface area (Å²) in [6.07, 6.45) is 0.737. The minimum absolute atomic E-state index is 0.0200. The summed E-state index contributed by atoms with van der Waals surface area (Å²) in [5.41, 5.74) is 1.32. The molecule has 2 atom stereocenters. The van der Waals surface area contributed by atoms with Gasteiger partial charge in [-0.1, -0.05) is 74.5 Å². The zero-order chi connectivity index (χ0) is 18.4. The van der Waals surface area contributed by atoms with Gasteiger partial charge in [-0.2, -0.15) is 0 Å². The van der Waals surface area contributed by atoms with Crippen LogP contribution in [0.3, 0.4) is 0 Å². The summed E-state index contributed by atoms with van der Waals surface area (Å²) in [5.74, 6) is 0.419. The van der Waals surface area contributed by atoms with E-state index in [-0.39, 0.29) is 5.92 Å². The summed E-state index contributed by atoms with van der Waals surface area (Å²) >= 11 is 0.